The molecule has 0 aromatic heterocycles. The van der Waals surface area contributed by atoms with E-state index in [4.69, 9.17) is 0 Å². The summed E-state index contributed by atoms with van der Waals surface area (Å²) in [6.45, 7) is 2.19. The molecule has 0 spiro atoms. The van der Waals surface area contributed by atoms with Crippen molar-refractivity contribution in [2.75, 3.05) is 0 Å². The van der Waals surface area contributed by atoms with Crippen LogP contribution in [0.4, 0.5) is 0 Å². The second kappa shape index (κ2) is 4.70. The van der Waals surface area contributed by atoms with Gasteiger partial charge < -0.3 is 0 Å². The van der Waals surface area contributed by atoms with Gasteiger partial charge in [0, 0.05) is 0 Å². The third kappa shape index (κ3) is 1.85. The molecule has 1 aliphatic rings. The Morgan fingerprint density at radius 2 is 2.19 bits per heavy atom. The predicted molar refractivity (Wildman–Crippen MR) is 66.2 cm³/mol. The summed E-state index contributed by atoms with van der Waals surface area (Å²) in [6.07, 6.45) is 6.70. The quantitative estimate of drug-likeness (QED) is 0.745. The smallest absolute Gasteiger partial charge is 0.0825 e. The highest BCUT2D eigenvalue weighted by molar-refractivity contribution is 5.41. The van der Waals surface area contributed by atoms with Crippen LogP contribution >= 0.6 is 0 Å². The molecule has 0 N–H and O–H groups in total. The van der Waals surface area contributed by atoms with Crippen molar-refractivity contribution in [1.82, 2.24) is 0 Å². The number of nitrogens with zero attached hydrogens (tertiary/aromatic N) is 1. The van der Waals surface area contributed by atoms with Crippen LogP contribution in [0.1, 0.15) is 50.2 Å². The van der Waals surface area contributed by atoms with Gasteiger partial charge in [0.2, 0.25) is 0 Å². The Kier molecular flexibility index (Phi) is 3.29. The molecule has 1 aromatic carbocycles. The number of hydrogen-bond acceptors (Lipinski definition) is 1. The van der Waals surface area contributed by atoms with Gasteiger partial charge in [-0.15, -0.1) is 0 Å². The normalized spacial score (nSPS) is 23.5. The Labute approximate surface area is 98.1 Å². The molecule has 1 unspecified atom stereocenters. The van der Waals surface area contributed by atoms with Crippen LogP contribution in [0.25, 0.3) is 0 Å². The molecular formula is C15H19N. The van der Waals surface area contributed by atoms with Gasteiger partial charge in [-0.05, 0) is 36.8 Å². The zero-order valence-corrected chi connectivity index (χ0v) is 10.00. The van der Waals surface area contributed by atoms with Gasteiger partial charge >= 0.3 is 0 Å². The number of fused-ring (bicyclic) bond motifs is 1. The zero-order valence-electron chi connectivity index (χ0n) is 10.00. The van der Waals surface area contributed by atoms with Crippen LogP contribution < -0.4 is 0 Å². The van der Waals surface area contributed by atoms with E-state index in [1.54, 1.807) is 0 Å². The van der Waals surface area contributed by atoms with E-state index in [9.17, 15) is 5.26 Å². The third-order valence-corrected chi connectivity index (χ3v) is 3.75. The molecule has 0 radical (unpaired) electrons. The van der Waals surface area contributed by atoms with Crippen molar-refractivity contribution in [2.45, 2.75) is 50.9 Å². The van der Waals surface area contributed by atoms with E-state index in [1.807, 2.05) is 0 Å². The van der Waals surface area contributed by atoms with Crippen molar-refractivity contribution >= 4 is 0 Å². The molecule has 0 fully saturated rings. The lowest BCUT2D eigenvalue weighted by Gasteiger charge is -2.33. The van der Waals surface area contributed by atoms with Crippen molar-refractivity contribution in [1.29, 1.82) is 5.26 Å². The summed E-state index contributed by atoms with van der Waals surface area (Å²) in [5.74, 6) is 0. The van der Waals surface area contributed by atoms with Crippen LogP contribution in [0.15, 0.2) is 24.3 Å². The molecule has 0 bridgehead atoms. The van der Waals surface area contributed by atoms with Gasteiger partial charge in [-0.3, -0.25) is 0 Å². The number of aryl methyl sites for hydroxylation is 1. The zero-order chi connectivity index (χ0) is 11.4. The topological polar surface area (TPSA) is 23.8 Å². The molecule has 1 heteroatoms. The number of rotatable bonds is 3. The molecule has 84 valence electrons. The van der Waals surface area contributed by atoms with Gasteiger partial charge in [0.05, 0.1) is 11.5 Å². The average Bonchev–Trinajstić information content (AvgIpc) is 2.36. The fraction of sp³-hybridized carbons (Fsp3) is 0.533. The van der Waals surface area contributed by atoms with Crippen molar-refractivity contribution < 1.29 is 0 Å². The molecule has 1 atom stereocenters. The van der Waals surface area contributed by atoms with Crippen LogP contribution in [0.2, 0.25) is 0 Å². The Bertz CT molecular complexity index is 402. The Morgan fingerprint density at radius 3 is 2.94 bits per heavy atom. The summed E-state index contributed by atoms with van der Waals surface area (Å²) in [5.41, 5.74) is 2.51. The van der Waals surface area contributed by atoms with Gasteiger partial charge in [0.25, 0.3) is 0 Å². The van der Waals surface area contributed by atoms with Crippen molar-refractivity contribution in [3.8, 4) is 6.07 Å². The minimum Gasteiger partial charge on any atom is -0.197 e. The molecule has 2 rings (SSSR count). The van der Waals surface area contributed by atoms with Gasteiger partial charge in [0.15, 0.2) is 0 Å². The summed E-state index contributed by atoms with van der Waals surface area (Å²) in [4.78, 5) is 0. The summed E-state index contributed by atoms with van der Waals surface area (Å²) in [5, 5.41) is 9.56. The lowest BCUT2D eigenvalue weighted by atomic mass is 9.68. The van der Waals surface area contributed by atoms with Crippen molar-refractivity contribution in [3.05, 3.63) is 35.4 Å². The highest BCUT2D eigenvalue weighted by atomic mass is 14.4. The van der Waals surface area contributed by atoms with E-state index in [0.717, 1.165) is 32.1 Å². The molecule has 1 aliphatic carbocycles. The lowest BCUT2D eigenvalue weighted by molar-refractivity contribution is 0.409. The standard InChI is InChI=1S/C15H19N/c1-2-3-10-15(12-16)11-6-8-13-7-4-5-9-14(13)15/h4-5,7,9H,2-3,6,8,10-11H2,1H3. The van der Waals surface area contributed by atoms with Crippen molar-refractivity contribution in [2.24, 2.45) is 0 Å². The average molecular weight is 213 g/mol. The SMILES string of the molecule is CCCCC1(C#N)CCCc2ccccc21. The maximum atomic E-state index is 9.56. The summed E-state index contributed by atoms with van der Waals surface area (Å²) in [6, 6.07) is 11.1. The molecule has 0 heterocycles. The number of hydrogen-bond donors (Lipinski definition) is 0. The largest absolute Gasteiger partial charge is 0.197 e. The van der Waals surface area contributed by atoms with Crippen LogP contribution in [0, 0.1) is 11.3 Å². The van der Waals surface area contributed by atoms with Gasteiger partial charge in [-0.1, -0.05) is 44.0 Å². The molecular weight excluding hydrogens is 194 g/mol. The Balaban J connectivity index is 2.38. The van der Waals surface area contributed by atoms with Crippen molar-refractivity contribution in [3.63, 3.8) is 0 Å². The second-order valence-corrected chi connectivity index (χ2v) is 4.81. The van der Waals surface area contributed by atoms with Crippen LogP contribution in [0.3, 0.4) is 0 Å². The van der Waals surface area contributed by atoms with E-state index >= 15 is 0 Å². The highest BCUT2D eigenvalue weighted by Crippen LogP contribution is 2.40. The van der Waals surface area contributed by atoms with Gasteiger partial charge in [-0.25, -0.2) is 0 Å². The maximum absolute atomic E-state index is 9.56. The van der Waals surface area contributed by atoms with E-state index < -0.39 is 0 Å². The Morgan fingerprint density at radius 1 is 1.38 bits per heavy atom. The first-order valence-corrected chi connectivity index (χ1v) is 6.32. The number of benzene rings is 1. The molecule has 0 amide bonds. The fourth-order valence-electron chi connectivity index (χ4n) is 2.83. The monoisotopic (exact) mass is 213 g/mol. The van der Waals surface area contributed by atoms with E-state index in [1.165, 1.54) is 17.5 Å². The first kappa shape index (κ1) is 11.2. The molecule has 0 saturated carbocycles. The van der Waals surface area contributed by atoms with Crippen LogP contribution in [-0.4, -0.2) is 0 Å². The van der Waals surface area contributed by atoms with E-state index in [0.29, 0.717) is 0 Å². The van der Waals surface area contributed by atoms with Crippen LogP contribution in [-0.2, 0) is 11.8 Å². The minimum atomic E-state index is -0.190. The lowest BCUT2D eigenvalue weighted by Crippen LogP contribution is -2.29. The molecule has 0 saturated heterocycles. The minimum absolute atomic E-state index is 0.190. The summed E-state index contributed by atoms with van der Waals surface area (Å²) < 4.78 is 0. The Hall–Kier alpha value is -1.29. The molecule has 1 aromatic rings. The van der Waals surface area contributed by atoms with Gasteiger partial charge in [0.1, 0.15) is 0 Å². The van der Waals surface area contributed by atoms with E-state index in [-0.39, 0.29) is 5.41 Å². The third-order valence-electron chi connectivity index (χ3n) is 3.75. The maximum Gasteiger partial charge on any atom is 0.0825 e. The fourth-order valence-corrected chi connectivity index (χ4v) is 2.83. The molecule has 16 heavy (non-hydrogen) atoms. The predicted octanol–water partition coefficient (Wildman–Crippen LogP) is 3.97. The number of nitriles is 1. The summed E-state index contributed by atoms with van der Waals surface area (Å²) >= 11 is 0. The number of unbranched alkanes of at least 4 members (excludes halogenated alkanes) is 1. The summed E-state index contributed by atoms with van der Waals surface area (Å²) in [7, 11) is 0. The molecule has 0 aliphatic heterocycles. The van der Waals surface area contributed by atoms with Crippen LogP contribution in [0.5, 0.6) is 0 Å². The second-order valence-electron chi connectivity index (χ2n) is 4.81. The molecule has 1 nitrogen and oxygen atoms in total. The first-order valence-electron chi connectivity index (χ1n) is 6.32. The highest BCUT2D eigenvalue weighted by Gasteiger charge is 2.35. The van der Waals surface area contributed by atoms with E-state index in [2.05, 4.69) is 37.3 Å². The first-order chi connectivity index (χ1) is 7.82. The van der Waals surface area contributed by atoms with Gasteiger partial charge in [-0.2, -0.15) is 5.26 Å².